The van der Waals surface area contributed by atoms with Gasteiger partial charge in [0.1, 0.15) is 6.04 Å². The molecule has 8 heteroatoms. The second kappa shape index (κ2) is 5.25. The van der Waals surface area contributed by atoms with E-state index in [1.165, 1.54) is 0 Å². The summed E-state index contributed by atoms with van der Waals surface area (Å²) >= 11 is 0. The summed E-state index contributed by atoms with van der Waals surface area (Å²) in [7, 11) is 0. The number of rotatable bonds is 4. The van der Waals surface area contributed by atoms with E-state index < -0.39 is 36.6 Å². The number of hydrogen-bond donors (Lipinski definition) is 1. The lowest BCUT2D eigenvalue weighted by molar-refractivity contribution is -0.162. The van der Waals surface area contributed by atoms with Crippen molar-refractivity contribution in [1.82, 2.24) is 10.2 Å². The van der Waals surface area contributed by atoms with E-state index in [4.69, 9.17) is 5.26 Å². The third-order valence-corrected chi connectivity index (χ3v) is 2.60. The van der Waals surface area contributed by atoms with Crippen molar-refractivity contribution in [2.24, 2.45) is 5.92 Å². The average Bonchev–Trinajstić information content (AvgIpc) is 2.51. The zero-order valence-corrected chi connectivity index (χ0v) is 9.62. The molecule has 0 spiro atoms. The summed E-state index contributed by atoms with van der Waals surface area (Å²) in [5.74, 6) is -3.06. The third-order valence-electron chi connectivity index (χ3n) is 2.60. The molecule has 2 unspecified atom stereocenters. The molecule has 1 saturated heterocycles. The van der Waals surface area contributed by atoms with Crippen LogP contribution >= 0.6 is 0 Å². The van der Waals surface area contributed by atoms with Crippen LogP contribution in [0, 0.1) is 17.2 Å². The molecule has 0 aliphatic carbocycles. The van der Waals surface area contributed by atoms with E-state index in [1.807, 2.05) is 0 Å². The molecule has 0 aromatic rings. The molecular weight excluding hydrogens is 251 g/mol. The molecule has 5 nitrogen and oxygen atoms in total. The number of urea groups is 1. The summed E-state index contributed by atoms with van der Waals surface area (Å²) < 4.78 is 37.1. The Morgan fingerprint density at radius 3 is 2.56 bits per heavy atom. The highest BCUT2D eigenvalue weighted by molar-refractivity contribution is 6.04. The second-order valence-electron chi connectivity index (χ2n) is 3.96. The quantitative estimate of drug-likeness (QED) is 0.779. The number of carbonyl (C=O) groups is 2. The third kappa shape index (κ3) is 2.91. The van der Waals surface area contributed by atoms with Crippen LogP contribution in [0.5, 0.6) is 0 Å². The Labute approximate surface area is 102 Å². The maximum Gasteiger partial charge on any atom is 0.406 e. The van der Waals surface area contributed by atoms with Gasteiger partial charge in [-0.3, -0.25) is 9.69 Å². The summed E-state index contributed by atoms with van der Waals surface area (Å²) in [6.07, 6.45) is -3.77. The van der Waals surface area contributed by atoms with Gasteiger partial charge >= 0.3 is 12.2 Å². The largest absolute Gasteiger partial charge is 0.406 e. The van der Waals surface area contributed by atoms with Crippen molar-refractivity contribution in [3.8, 4) is 6.07 Å². The van der Waals surface area contributed by atoms with Crippen LogP contribution in [0.4, 0.5) is 18.0 Å². The number of amides is 3. The molecule has 3 amide bonds. The van der Waals surface area contributed by atoms with Crippen molar-refractivity contribution in [3.63, 3.8) is 0 Å². The lowest BCUT2D eigenvalue weighted by Crippen LogP contribution is -2.40. The fourth-order valence-corrected chi connectivity index (χ4v) is 1.63. The average molecular weight is 263 g/mol. The maximum absolute atomic E-state index is 12.4. The first-order chi connectivity index (χ1) is 8.31. The van der Waals surface area contributed by atoms with Gasteiger partial charge in [-0.1, -0.05) is 13.3 Å². The Bertz CT molecular complexity index is 389. The molecule has 100 valence electrons. The number of nitrogens with one attached hydrogen (secondary N) is 1. The van der Waals surface area contributed by atoms with Crippen molar-refractivity contribution in [1.29, 1.82) is 5.26 Å². The van der Waals surface area contributed by atoms with Crippen LogP contribution in [0.15, 0.2) is 0 Å². The van der Waals surface area contributed by atoms with Crippen LogP contribution in [0.2, 0.25) is 0 Å². The molecule has 1 heterocycles. The van der Waals surface area contributed by atoms with Gasteiger partial charge in [-0.05, 0) is 6.42 Å². The fourth-order valence-electron chi connectivity index (χ4n) is 1.63. The number of hydrogen-bond acceptors (Lipinski definition) is 3. The number of halogens is 3. The van der Waals surface area contributed by atoms with Gasteiger partial charge in [0, 0.05) is 0 Å². The summed E-state index contributed by atoms with van der Waals surface area (Å²) in [4.78, 5) is 23.5. The maximum atomic E-state index is 12.4. The minimum atomic E-state index is -4.75. The normalized spacial score (nSPS) is 21.7. The molecule has 0 radical (unpaired) electrons. The monoisotopic (exact) mass is 263 g/mol. The molecule has 0 saturated carbocycles. The Balaban J connectivity index is 2.76. The fraction of sp³-hybridized carbons (Fsp3) is 0.700. The van der Waals surface area contributed by atoms with Crippen molar-refractivity contribution in [3.05, 3.63) is 0 Å². The highest BCUT2D eigenvalue weighted by Crippen LogP contribution is 2.27. The summed E-state index contributed by atoms with van der Waals surface area (Å²) in [6, 6.07) is -0.597. The molecule has 1 aliphatic heterocycles. The van der Waals surface area contributed by atoms with Crippen molar-refractivity contribution < 1.29 is 22.8 Å². The lowest BCUT2D eigenvalue weighted by atomic mass is 10.1. The first-order valence-corrected chi connectivity index (χ1v) is 5.39. The predicted octanol–water partition coefficient (Wildman–Crippen LogP) is 1.41. The first-order valence-electron chi connectivity index (χ1n) is 5.39. The van der Waals surface area contributed by atoms with E-state index in [2.05, 4.69) is 5.32 Å². The lowest BCUT2D eigenvalue weighted by Gasteiger charge is -2.18. The second-order valence-corrected chi connectivity index (χ2v) is 3.96. The Morgan fingerprint density at radius 2 is 2.11 bits per heavy atom. The number of nitrogens with zero attached hydrogens (tertiary/aromatic N) is 2. The number of imide groups is 1. The minimum Gasteiger partial charge on any atom is -0.326 e. The van der Waals surface area contributed by atoms with Crippen LogP contribution in [0.1, 0.15) is 19.8 Å². The van der Waals surface area contributed by atoms with Crippen LogP contribution in [-0.4, -0.2) is 35.6 Å². The van der Waals surface area contributed by atoms with Crippen LogP contribution in [0.3, 0.4) is 0 Å². The highest BCUT2D eigenvalue weighted by Gasteiger charge is 2.46. The van der Waals surface area contributed by atoms with Crippen LogP contribution in [-0.2, 0) is 4.79 Å². The molecule has 1 N–H and O–H groups in total. The Morgan fingerprint density at radius 1 is 1.50 bits per heavy atom. The molecular formula is C10H12F3N3O2. The molecule has 2 atom stereocenters. The van der Waals surface area contributed by atoms with E-state index >= 15 is 0 Å². The molecule has 0 aromatic carbocycles. The van der Waals surface area contributed by atoms with Gasteiger partial charge in [0.15, 0.2) is 5.92 Å². The van der Waals surface area contributed by atoms with Crippen molar-refractivity contribution in [2.45, 2.75) is 32.0 Å². The first kappa shape index (κ1) is 14.3. The van der Waals surface area contributed by atoms with Crippen molar-refractivity contribution >= 4 is 11.9 Å². The standard InChI is InChI=1S/C10H12F3N3O2/c1-2-3-7-8(17)16(9(18)15-7)5-6(4-14)10(11,12)13/h6-7H,2-3,5H2,1H3,(H,15,18). The van der Waals surface area contributed by atoms with Gasteiger partial charge < -0.3 is 5.32 Å². The Kier molecular flexibility index (Phi) is 4.16. The summed E-state index contributed by atoms with van der Waals surface area (Å²) in [5.41, 5.74) is 0. The number of nitriles is 1. The van der Waals surface area contributed by atoms with Gasteiger partial charge in [-0.2, -0.15) is 18.4 Å². The van der Waals surface area contributed by atoms with Crippen molar-refractivity contribution in [2.75, 3.05) is 6.54 Å². The van der Waals surface area contributed by atoms with E-state index in [0.717, 1.165) is 6.07 Å². The van der Waals surface area contributed by atoms with Gasteiger partial charge in [-0.15, -0.1) is 0 Å². The molecule has 0 bridgehead atoms. The van der Waals surface area contributed by atoms with E-state index in [-0.39, 0.29) is 0 Å². The van der Waals surface area contributed by atoms with E-state index in [0.29, 0.717) is 17.7 Å². The molecule has 1 fully saturated rings. The number of alkyl halides is 3. The van der Waals surface area contributed by atoms with E-state index in [9.17, 15) is 22.8 Å². The zero-order chi connectivity index (χ0) is 13.9. The summed E-state index contributed by atoms with van der Waals surface area (Å²) in [5, 5.41) is 10.7. The number of carbonyl (C=O) groups excluding carboxylic acids is 2. The zero-order valence-electron chi connectivity index (χ0n) is 9.62. The summed E-state index contributed by atoms with van der Waals surface area (Å²) in [6.45, 7) is 0.834. The molecule has 1 rings (SSSR count). The predicted molar refractivity (Wildman–Crippen MR) is 54.1 cm³/mol. The van der Waals surface area contributed by atoms with Crippen LogP contribution < -0.4 is 5.32 Å². The highest BCUT2D eigenvalue weighted by atomic mass is 19.4. The van der Waals surface area contributed by atoms with Gasteiger partial charge in [-0.25, -0.2) is 4.79 Å². The van der Waals surface area contributed by atoms with E-state index in [1.54, 1.807) is 6.92 Å². The van der Waals surface area contributed by atoms with Gasteiger partial charge in [0.2, 0.25) is 0 Å². The topological polar surface area (TPSA) is 73.2 Å². The molecule has 18 heavy (non-hydrogen) atoms. The SMILES string of the molecule is CCCC1NC(=O)N(CC(C#N)C(F)(F)F)C1=O. The molecule has 1 aliphatic rings. The minimum absolute atomic E-state index is 0.365. The van der Waals surface area contributed by atoms with Gasteiger partial charge in [0.05, 0.1) is 12.6 Å². The van der Waals surface area contributed by atoms with Gasteiger partial charge in [0.25, 0.3) is 5.91 Å². The molecule has 0 aromatic heterocycles. The van der Waals surface area contributed by atoms with Crippen LogP contribution in [0.25, 0.3) is 0 Å². The Hall–Kier alpha value is -1.78. The smallest absolute Gasteiger partial charge is 0.326 e.